The Labute approximate surface area is 463 Å². The molecule has 0 unspecified atom stereocenters. The molecule has 3 aromatic rings. The van der Waals surface area contributed by atoms with E-state index in [1.54, 1.807) is 63.9 Å². The van der Waals surface area contributed by atoms with Crippen molar-refractivity contribution in [2.75, 3.05) is 46.3 Å². The van der Waals surface area contributed by atoms with Gasteiger partial charge in [0.15, 0.2) is 11.6 Å². The normalized spacial score (nSPS) is 17.2. The molecule has 2 fully saturated rings. The maximum atomic E-state index is 14.3. The number of carbonyl (C=O) groups excluding carboxylic acids is 8. The highest BCUT2D eigenvalue weighted by Crippen LogP contribution is 2.29. The van der Waals surface area contributed by atoms with Gasteiger partial charge < -0.3 is 35.6 Å². The third-order valence-corrected chi connectivity index (χ3v) is 15.6. The van der Waals surface area contributed by atoms with Crippen LogP contribution >= 0.6 is 0 Å². The SMILES string of the molecule is CC[C@@H](C)C(=O)N[C@H](C(=O)N1CCC[C@H]1CN(CCc1ccc(F)cc1)C(=O)CCC(=O)c1cccc(C(=O)CCC(=O)N(CCc2ccc(C)cc2)C[C@@H]2CCCN2C(=O)[C@@H](NC(=O)[C@H](C)NC)C(C)(C)C)c1)C(C)(C)C. The van der Waals surface area contributed by atoms with E-state index < -0.39 is 29.0 Å². The number of hydrogen-bond acceptors (Lipinski definition) is 9. The van der Waals surface area contributed by atoms with Crippen molar-refractivity contribution in [2.24, 2.45) is 16.7 Å². The van der Waals surface area contributed by atoms with Gasteiger partial charge in [-0.15, -0.1) is 0 Å². The number of halogens is 1. The van der Waals surface area contributed by atoms with Crippen molar-refractivity contribution >= 4 is 47.0 Å². The lowest BCUT2D eigenvalue weighted by Gasteiger charge is -2.37. The number of Topliss-reactive ketones (excluding diaryl/α,β-unsaturated/α-hetero) is 2. The van der Waals surface area contributed by atoms with Gasteiger partial charge in [0.05, 0.1) is 6.04 Å². The van der Waals surface area contributed by atoms with Crippen molar-refractivity contribution < 1.29 is 42.7 Å². The Morgan fingerprint density at radius 3 is 1.46 bits per heavy atom. The number of nitrogens with one attached hydrogen (secondary N) is 3. The Bertz CT molecular complexity index is 2390. The topological polar surface area (TPSA) is 186 Å². The predicted molar refractivity (Wildman–Crippen MR) is 302 cm³/mol. The molecule has 78 heavy (non-hydrogen) atoms. The molecular formula is C62H88FN7O8. The molecule has 5 rings (SSSR count). The summed E-state index contributed by atoms with van der Waals surface area (Å²) >= 11 is 0. The molecule has 2 aliphatic rings. The zero-order valence-electron chi connectivity index (χ0n) is 48.3. The Morgan fingerprint density at radius 2 is 1.05 bits per heavy atom. The molecular weight excluding hydrogens is 990 g/mol. The molecule has 6 amide bonds. The molecule has 0 aromatic heterocycles. The van der Waals surface area contributed by atoms with Gasteiger partial charge in [-0.1, -0.05) is 116 Å². The first-order valence-corrected chi connectivity index (χ1v) is 28.2. The second-order valence-corrected chi connectivity index (χ2v) is 23.8. The van der Waals surface area contributed by atoms with Crippen LogP contribution in [0.3, 0.4) is 0 Å². The molecule has 0 radical (unpaired) electrons. The molecule has 6 atom stereocenters. The first kappa shape index (κ1) is 62.6. The molecule has 0 spiro atoms. The number of likely N-dealkylation sites (tertiary alicyclic amines) is 2. The molecule has 0 saturated carbocycles. The molecule has 16 heteroatoms. The Morgan fingerprint density at radius 1 is 0.628 bits per heavy atom. The van der Waals surface area contributed by atoms with Gasteiger partial charge in [-0.05, 0) is 106 Å². The van der Waals surface area contributed by atoms with Crippen molar-refractivity contribution in [3.63, 3.8) is 0 Å². The van der Waals surface area contributed by atoms with E-state index in [9.17, 15) is 42.7 Å². The van der Waals surface area contributed by atoms with Gasteiger partial charge in [0.25, 0.3) is 0 Å². The minimum absolute atomic E-state index is 0.0933. The van der Waals surface area contributed by atoms with Crippen LogP contribution in [0.25, 0.3) is 0 Å². The number of nitrogens with zero attached hydrogens (tertiary/aromatic N) is 4. The van der Waals surface area contributed by atoms with E-state index in [0.29, 0.717) is 51.7 Å². The van der Waals surface area contributed by atoms with E-state index in [4.69, 9.17) is 0 Å². The van der Waals surface area contributed by atoms with Crippen LogP contribution in [0.15, 0.2) is 72.8 Å². The number of aryl methyl sites for hydroxylation is 1. The number of ketones is 2. The fraction of sp³-hybridized carbons (Fsp3) is 0.581. The predicted octanol–water partition coefficient (Wildman–Crippen LogP) is 7.90. The quantitative estimate of drug-likeness (QED) is 0.0673. The molecule has 15 nitrogen and oxygen atoms in total. The Balaban J connectivity index is 1.26. The van der Waals surface area contributed by atoms with Crippen molar-refractivity contribution in [3.8, 4) is 0 Å². The summed E-state index contributed by atoms with van der Waals surface area (Å²) in [7, 11) is 1.69. The van der Waals surface area contributed by atoms with E-state index >= 15 is 0 Å². The third-order valence-electron chi connectivity index (χ3n) is 15.6. The Kier molecular flexibility index (Phi) is 22.9. The van der Waals surface area contributed by atoms with Crippen LogP contribution in [-0.4, -0.2) is 143 Å². The van der Waals surface area contributed by atoms with E-state index in [1.807, 2.05) is 86.6 Å². The van der Waals surface area contributed by atoms with Crippen LogP contribution in [0.1, 0.15) is 158 Å². The van der Waals surface area contributed by atoms with Crippen LogP contribution in [-0.2, 0) is 41.6 Å². The van der Waals surface area contributed by atoms with Gasteiger partial charge in [0.2, 0.25) is 35.4 Å². The summed E-state index contributed by atoms with van der Waals surface area (Å²) in [5.41, 5.74) is 2.34. The summed E-state index contributed by atoms with van der Waals surface area (Å²) in [6, 6.07) is 17.8. The second-order valence-electron chi connectivity index (χ2n) is 23.8. The summed E-state index contributed by atoms with van der Waals surface area (Å²) in [4.78, 5) is 118. The minimum atomic E-state index is -0.789. The van der Waals surface area contributed by atoms with Crippen LogP contribution in [0, 0.1) is 29.5 Å². The smallest absolute Gasteiger partial charge is 0.246 e. The maximum absolute atomic E-state index is 14.3. The molecule has 2 saturated heterocycles. The zero-order valence-corrected chi connectivity index (χ0v) is 48.3. The summed E-state index contributed by atoms with van der Waals surface area (Å²) in [6.45, 7) is 21.1. The molecule has 0 bridgehead atoms. The monoisotopic (exact) mass is 1080 g/mol. The fourth-order valence-electron chi connectivity index (χ4n) is 10.1. The van der Waals surface area contributed by atoms with Gasteiger partial charge >= 0.3 is 0 Å². The van der Waals surface area contributed by atoms with Gasteiger partial charge in [-0.3, -0.25) is 38.4 Å². The first-order valence-electron chi connectivity index (χ1n) is 28.2. The highest BCUT2D eigenvalue weighted by atomic mass is 19.1. The summed E-state index contributed by atoms with van der Waals surface area (Å²) < 4.78 is 13.8. The largest absolute Gasteiger partial charge is 0.344 e. The van der Waals surface area contributed by atoms with Gasteiger partial charge in [0.1, 0.15) is 17.9 Å². The van der Waals surface area contributed by atoms with Crippen molar-refractivity contribution in [1.29, 1.82) is 0 Å². The lowest BCUT2D eigenvalue weighted by atomic mass is 9.85. The van der Waals surface area contributed by atoms with E-state index in [2.05, 4.69) is 16.0 Å². The van der Waals surface area contributed by atoms with Crippen LogP contribution < -0.4 is 16.0 Å². The van der Waals surface area contributed by atoms with E-state index in [0.717, 1.165) is 29.5 Å². The maximum Gasteiger partial charge on any atom is 0.246 e. The lowest BCUT2D eigenvalue weighted by molar-refractivity contribution is -0.142. The fourth-order valence-corrected chi connectivity index (χ4v) is 10.1. The molecule has 2 aliphatic heterocycles. The molecule has 0 aliphatic carbocycles. The van der Waals surface area contributed by atoms with Gasteiger partial charge in [-0.25, -0.2) is 4.39 Å². The first-order chi connectivity index (χ1) is 36.8. The second kappa shape index (κ2) is 28.5. The minimum Gasteiger partial charge on any atom is -0.344 e. The number of benzene rings is 3. The van der Waals surface area contributed by atoms with Crippen LogP contribution in [0.2, 0.25) is 0 Å². The number of hydrogen-bond donors (Lipinski definition) is 3. The molecule has 426 valence electrons. The number of likely N-dealkylation sites (N-methyl/N-ethyl adjacent to an activating group) is 1. The third kappa shape index (κ3) is 17.9. The lowest BCUT2D eigenvalue weighted by Crippen LogP contribution is -2.59. The number of amides is 6. The number of carbonyl (C=O) groups is 8. The molecule has 2 heterocycles. The van der Waals surface area contributed by atoms with Gasteiger partial charge in [0, 0.05) is 94.1 Å². The zero-order chi connectivity index (χ0) is 57.5. The molecule has 3 aromatic carbocycles. The average Bonchev–Trinajstić information content (AvgIpc) is 4.13. The summed E-state index contributed by atoms with van der Waals surface area (Å²) in [5, 5.41) is 8.92. The van der Waals surface area contributed by atoms with Crippen molar-refractivity contribution in [3.05, 3.63) is 106 Å². The Hall–Kier alpha value is -6.29. The standard InChI is InChI=1S/C62H88FN7O8/c1-12-42(3)57(75)65-55(61(5,6)7)59(77)69-34-14-18-49(69)39-68(37-33-45-24-26-48(63)27-25-45)54(74)31-29-52(72)47-17-13-16-46(38-47)51(71)28-30-53(73)67(36-32-44-22-20-41(2)21-23-44)40-50-19-15-35-70(50)60(78)56(62(8,9)10)66-58(76)43(4)64-11/h13,16-17,20-27,38,42-43,49-50,55-56,64H,12,14-15,18-19,28-37,39-40H2,1-11H3,(H,65,75)(H,66,76)/t42-,43+,49+,50+,55-,56-/m1/s1. The van der Waals surface area contributed by atoms with Crippen molar-refractivity contribution in [1.82, 2.24) is 35.6 Å². The summed E-state index contributed by atoms with van der Waals surface area (Å²) in [6.07, 6.45) is 3.93. The highest BCUT2D eigenvalue weighted by Gasteiger charge is 2.42. The number of rotatable bonds is 26. The average molecular weight is 1080 g/mol. The molecule has 3 N–H and O–H groups in total. The van der Waals surface area contributed by atoms with E-state index in [1.165, 1.54) is 18.2 Å². The van der Waals surface area contributed by atoms with Crippen LogP contribution in [0.5, 0.6) is 0 Å². The van der Waals surface area contributed by atoms with Gasteiger partial charge in [-0.2, -0.15) is 0 Å². The van der Waals surface area contributed by atoms with Crippen LogP contribution in [0.4, 0.5) is 4.39 Å². The van der Waals surface area contributed by atoms with Crippen molar-refractivity contribution in [2.45, 2.75) is 170 Å². The van der Waals surface area contributed by atoms with E-state index in [-0.39, 0.29) is 127 Å². The highest BCUT2D eigenvalue weighted by molar-refractivity contribution is 6.03. The summed E-state index contributed by atoms with van der Waals surface area (Å²) in [5.74, 6) is -2.67.